The van der Waals surface area contributed by atoms with E-state index in [-0.39, 0.29) is 16.5 Å². The molecule has 1 aromatic rings. The first kappa shape index (κ1) is 12.9. The Hall–Kier alpha value is -1.20. The molecular formula is C10H15ClN4O. The lowest BCUT2D eigenvalue weighted by Gasteiger charge is -2.25. The number of amides is 1. The summed E-state index contributed by atoms with van der Waals surface area (Å²) in [4.78, 5) is 11.7. The van der Waals surface area contributed by atoms with Crippen molar-refractivity contribution in [1.82, 2.24) is 10.2 Å². The molecule has 5 nitrogen and oxygen atoms in total. The minimum atomic E-state index is -0.607. The van der Waals surface area contributed by atoms with Crippen molar-refractivity contribution < 1.29 is 4.79 Å². The summed E-state index contributed by atoms with van der Waals surface area (Å²) in [7, 11) is 0. The number of anilines is 1. The molecule has 0 saturated carbocycles. The van der Waals surface area contributed by atoms with E-state index in [0.717, 1.165) is 0 Å². The maximum Gasteiger partial charge on any atom is 0.243 e. The van der Waals surface area contributed by atoms with Gasteiger partial charge in [0.2, 0.25) is 5.91 Å². The van der Waals surface area contributed by atoms with Gasteiger partial charge in [0, 0.05) is 0 Å². The molecule has 88 valence electrons. The van der Waals surface area contributed by atoms with Crippen LogP contribution >= 0.6 is 11.6 Å². The van der Waals surface area contributed by atoms with Crippen molar-refractivity contribution in [3.63, 3.8) is 0 Å². The van der Waals surface area contributed by atoms with Gasteiger partial charge in [-0.2, -0.15) is 0 Å². The zero-order valence-corrected chi connectivity index (χ0v) is 10.2. The number of rotatable bonds is 2. The Balaban J connectivity index is 2.68. The van der Waals surface area contributed by atoms with Crippen molar-refractivity contribution >= 4 is 23.3 Å². The van der Waals surface area contributed by atoms with Gasteiger partial charge in [0.15, 0.2) is 11.0 Å². The van der Waals surface area contributed by atoms with Crippen molar-refractivity contribution in [2.24, 2.45) is 11.1 Å². The van der Waals surface area contributed by atoms with Crippen LogP contribution in [0.15, 0.2) is 12.1 Å². The van der Waals surface area contributed by atoms with Gasteiger partial charge in [0.25, 0.3) is 0 Å². The SMILES string of the molecule is CC(C)(C)C(N)C(=O)Nc1ccc(Cl)nn1. The highest BCUT2D eigenvalue weighted by Crippen LogP contribution is 2.18. The molecule has 0 aromatic carbocycles. The molecule has 6 heteroatoms. The Morgan fingerprint density at radius 1 is 1.44 bits per heavy atom. The number of aromatic nitrogens is 2. The number of nitrogens with zero attached hydrogens (tertiary/aromatic N) is 2. The summed E-state index contributed by atoms with van der Waals surface area (Å²) in [6, 6.07) is 2.51. The molecule has 3 N–H and O–H groups in total. The van der Waals surface area contributed by atoms with Gasteiger partial charge in [-0.1, -0.05) is 32.4 Å². The van der Waals surface area contributed by atoms with Gasteiger partial charge in [-0.05, 0) is 17.5 Å². The molecule has 0 saturated heterocycles. The fraction of sp³-hybridized carbons (Fsp3) is 0.500. The van der Waals surface area contributed by atoms with Crippen LogP contribution in [-0.2, 0) is 4.79 Å². The van der Waals surface area contributed by atoms with Crippen molar-refractivity contribution in [3.8, 4) is 0 Å². The average molecular weight is 243 g/mol. The summed E-state index contributed by atoms with van der Waals surface area (Å²) < 4.78 is 0. The van der Waals surface area contributed by atoms with Gasteiger partial charge in [0.1, 0.15) is 0 Å². The summed E-state index contributed by atoms with van der Waals surface area (Å²) in [5.41, 5.74) is 5.48. The number of halogens is 1. The fourth-order valence-electron chi connectivity index (χ4n) is 0.980. The third-order valence-corrected chi connectivity index (χ3v) is 2.30. The first-order valence-electron chi connectivity index (χ1n) is 4.86. The van der Waals surface area contributed by atoms with E-state index in [2.05, 4.69) is 15.5 Å². The predicted octanol–water partition coefficient (Wildman–Crippen LogP) is 1.44. The second-order valence-electron chi connectivity index (χ2n) is 4.57. The smallest absolute Gasteiger partial charge is 0.243 e. The van der Waals surface area contributed by atoms with E-state index >= 15 is 0 Å². The minimum Gasteiger partial charge on any atom is -0.319 e. The van der Waals surface area contributed by atoms with Crippen LogP contribution in [0, 0.1) is 5.41 Å². The predicted molar refractivity (Wildman–Crippen MR) is 63.1 cm³/mol. The summed E-state index contributed by atoms with van der Waals surface area (Å²) in [5, 5.41) is 10.2. The van der Waals surface area contributed by atoms with Crippen LogP contribution in [-0.4, -0.2) is 22.1 Å². The molecule has 1 amide bonds. The van der Waals surface area contributed by atoms with Crippen molar-refractivity contribution in [3.05, 3.63) is 17.3 Å². The molecular weight excluding hydrogens is 228 g/mol. The van der Waals surface area contributed by atoms with E-state index in [4.69, 9.17) is 17.3 Å². The van der Waals surface area contributed by atoms with Gasteiger partial charge in [-0.3, -0.25) is 4.79 Å². The van der Waals surface area contributed by atoms with Gasteiger partial charge < -0.3 is 11.1 Å². The van der Waals surface area contributed by atoms with Crippen molar-refractivity contribution in [1.29, 1.82) is 0 Å². The third kappa shape index (κ3) is 3.43. The number of carbonyl (C=O) groups excluding carboxylic acids is 1. The van der Waals surface area contributed by atoms with E-state index in [1.54, 1.807) is 12.1 Å². The lowest BCUT2D eigenvalue weighted by atomic mass is 9.87. The molecule has 0 bridgehead atoms. The molecule has 0 radical (unpaired) electrons. The molecule has 0 aliphatic rings. The molecule has 1 rings (SSSR count). The Labute approximate surface area is 99.4 Å². The lowest BCUT2D eigenvalue weighted by Crippen LogP contribution is -2.45. The van der Waals surface area contributed by atoms with Gasteiger partial charge >= 0.3 is 0 Å². The van der Waals surface area contributed by atoms with Crippen LogP contribution in [0.1, 0.15) is 20.8 Å². The van der Waals surface area contributed by atoms with E-state index in [9.17, 15) is 4.79 Å². The topological polar surface area (TPSA) is 80.9 Å². The van der Waals surface area contributed by atoms with Crippen LogP contribution in [0.4, 0.5) is 5.82 Å². The fourth-order valence-corrected chi connectivity index (χ4v) is 1.08. The normalized spacial score (nSPS) is 13.3. The highest BCUT2D eigenvalue weighted by Gasteiger charge is 2.27. The lowest BCUT2D eigenvalue weighted by molar-refractivity contribution is -0.119. The first-order chi connectivity index (χ1) is 7.30. The van der Waals surface area contributed by atoms with Gasteiger partial charge in [-0.25, -0.2) is 0 Å². The van der Waals surface area contributed by atoms with Crippen LogP contribution in [0.5, 0.6) is 0 Å². The molecule has 1 atom stereocenters. The molecule has 1 heterocycles. The molecule has 16 heavy (non-hydrogen) atoms. The summed E-state index contributed by atoms with van der Waals surface area (Å²) in [6.45, 7) is 5.68. The molecule has 0 spiro atoms. The highest BCUT2D eigenvalue weighted by atomic mass is 35.5. The van der Waals surface area contributed by atoms with Gasteiger partial charge in [-0.15, -0.1) is 10.2 Å². The monoisotopic (exact) mass is 242 g/mol. The minimum absolute atomic E-state index is 0.276. The van der Waals surface area contributed by atoms with E-state index in [0.29, 0.717) is 5.82 Å². The third-order valence-electron chi connectivity index (χ3n) is 2.10. The largest absolute Gasteiger partial charge is 0.319 e. The molecule has 1 aromatic heterocycles. The standard InChI is InChI=1S/C10H15ClN4O/c1-10(2,3)8(12)9(16)13-7-5-4-6(11)14-15-7/h4-5,8H,12H2,1-3H3,(H,13,15,16). The Bertz CT molecular complexity index is 371. The number of nitrogens with one attached hydrogen (secondary N) is 1. The molecule has 0 fully saturated rings. The number of hydrogen-bond donors (Lipinski definition) is 2. The zero-order chi connectivity index (χ0) is 12.3. The zero-order valence-electron chi connectivity index (χ0n) is 9.49. The number of carbonyl (C=O) groups is 1. The Kier molecular flexibility index (Phi) is 3.83. The summed E-state index contributed by atoms with van der Waals surface area (Å²) in [6.07, 6.45) is 0. The maximum atomic E-state index is 11.7. The Morgan fingerprint density at radius 2 is 2.06 bits per heavy atom. The summed E-state index contributed by atoms with van der Waals surface area (Å²) in [5.74, 6) is 0.0539. The van der Waals surface area contributed by atoms with E-state index < -0.39 is 6.04 Å². The van der Waals surface area contributed by atoms with E-state index in [1.807, 2.05) is 20.8 Å². The second-order valence-corrected chi connectivity index (χ2v) is 4.96. The van der Waals surface area contributed by atoms with Gasteiger partial charge in [0.05, 0.1) is 6.04 Å². The van der Waals surface area contributed by atoms with E-state index in [1.165, 1.54) is 0 Å². The van der Waals surface area contributed by atoms with Crippen LogP contribution < -0.4 is 11.1 Å². The molecule has 1 unspecified atom stereocenters. The Morgan fingerprint density at radius 3 is 2.50 bits per heavy atom. The van der Waals surface area contributed by atoms with Crippen molar-refractivity contribution in [2.75, 3.05) is 5.32 Å². The maximum absolute atomic E-state index is 11.7. The van der Waals surface area contributed by atoms with Crippen LogP contribution in [0.2, 0.25) is 5.15 Å². The molecule has 0 aliphatic heterocycles. The first-order valence-corrected chi connectivity index (χ1v) is 5.24. The number of hydrogen-bond acceptors (Lipinski definition) is 4. The number of nitrogens with two attached hydrogens (primary N) is 1. The summed E-state index contributed by atoms with van der Waals surface area (Å²) >= 11 is 5.57. The highest BCUT2D eigenvalue weighted by molar-refractivity contribution is 6.29. The second kappa shape index (κ2) is 4.76. The van der Waals surface area contributed by atoms with Crippen LogP contribution in [0.25, 0.3) is 0 Å². The molecule has 0 aliphatic carbocycles. The quantitative estimate of drug-likeness (QED) is 0.822. The average Bonchev–Trinajstić information content (AvgIpc) is 2.19. The van der Waals surface area contributed by atoms with Crippen LogP contribution in [0.3, 0.4) is 0 Å². The van der Waals surface area contributed by atoms with Crippen molar-refractivity contribution in [2.45, 2.75) is 26.8 Å².